The van der Waals surface area contributed by atoms with Crippen molar-refractivity contribution in [1.82, 2.24) is 0 Å². The maximum atomic E-state index is 9.87. The van der Waals surface area contributed by atoms with Crippen LogP contribution in [0, 0.1) is 0 Å². The Kier molecular flexibility index (Phi) is 9.59. The Hall–Kier alpha value is 0.0274. The Bertz CT molecular complexity index is 68.8. The molecule has 4 heteroatoms. The van der Waals surface area contributed by atoms with Crippen LogP contribution in [0.3, 0.4) is 0 Å². The van der Waals surface area contributed by atoms with Crippen molar-refractivity contribution in [3.05, 3.63) is 0 Å². The minimum Gasteiger partial charge on any atom is -1.00 e. The summed E-state index contributed by atoms with van der Waals surface area (Å²) in [4.78, 5) is 9.87. The zero-order chi connectivity index (χ0) is 5.70. The van der Waals surface area contributed by atoms with Crippen LogP contribution in [0.5, 0.6) is 0 Å². The average molecular weight is 112 g/mol. The van der Waals surface area contributed by atoms with E-state index in [-0.39, 0.29) is 39.5 Å². The zero-order valence-electron chi connectivity index (χ0n) is 6.18. The Morgan fingerprint density at radius 2 is 2.38 bits per heavy atom. The average Bonchev–Trinajstić information content (AvgIpc) is 1.61. The third-order valence-electron chi connectivity index (χ3n) is 0.397. The number of carbonyl (C=O) groups excluding carboxylic acids is 1. The van der Waals surface area contributed by atoms with E-state index in [4.69, 9.17) is 5.11 Å². The molecule has 0 heterocycles. The van der Waals surface area contributed by atoms with E-state index < -0.39 is 0 Å². The minimum absolute atomic E-state index is 0. The Morgan fingerprint density at radius 1 is 1.88 bits per heavy atom. The molecule has 0 aromatic heterocycles. The van der Waals surface area contributed by atoms with Gasteiger partial charge in [-0.1, -0.05) is 0 Å². The second-order valence-electron chi connectivity index (χ2n) is 1.06. The summed E-state index contributed by atoms with van der Waals surface area (Å²) in [6, 6.07) is 0. The molecule has 0 rings (SSSR count). The fraction of sp³-hybridized carbons (Fsp3) is 0.750. The van der Waals surface area contributed by atoms with Gasteiger partial charge < -0.3 is 11.3 Å². The van der Waals surface area contributed by atoms with Crippen LogP contribution in [0.2, 0.25) is 0 Å². The molecule has 0 unspecified atom stereocenters. The van der Waals surface area contributed by atoms with Crippen molar-refractivity contribution in [3.8, 4) is 0 Å². The molecule has 0 atom stereocenters. The molecule has 0 aromatic rings. The smallest absolute Gasteiger partial charge is 1.00 e. The van der Waals surface area contributed by atoms with Crippen LogP contribution in [0.25, 0.3) is 0 Å². The summed E-state index contributed by atoms with van der Waals surface area (Å²) in [5.41, 5.74) is 0. The van der Waals surface area contributed by atoms with E-state index in [2.05, 4.69) is 4.74 Å². The second-order valence-corrected chi connectivity index (χ2v) is 1.06. The summed E-state index contributed by atoms with van der Waals surface area (Å²) in [6.45, 7) is 1.31. The van der Waals surface area contributed by atoms with E-state index >= 15 is 0 Å². The molecular formula is C4H9LiO3. The molecule has 0 fully saturated rings. The molecule has 0 bridgehead atoms. The maximum absolute atomic E-state index is 9.87. The summed E-state index contributed by atoms with van der Waals surface area (Å²) in [6.07, 6.45) is 0. The standard InChI is InChI=1S/C4H8O3.Li.H/c1-4(6)7-3-2-5;;/h5H,2-3H2,1H3;;/q;+1;-1. The van der Waals surface area contributed by atoms with Crippen LogP contribution in [-0.2, 0) is 9.53 Å². The van der Waals surface area contributed by atoms with Crippen molar-refractivity contribution in [2.45, 2.75) is 6.92 Å². The molecule has 0 aliphatic rings. The van der Waals surface area contributed by atoms with Gasteiger partial charge in [-0.3, -0.25) is 4.79 Å². The molecular weight excluding hydrogens is 103 g/mol. The number of ether oxygens (including phenoxy) is 1. The maximum Gasteiger partial charge on any atom is 1.00 e. The van der Waals surface area contributed by atoms with Crippen LogP contribution in [-0.4, -0.2) is 24.3 Å². The number of aliphatic hydroxyl groups excluding tert-OH is 1. The third kappa shape index (κ3) is 9.39. The topological polar surface area (TPSA) is 46.5 Å². The van der Waals surface area contributed by atoms with Crippen LogP contribution >= 0.6 is 0 Å². The first kappa shape index (κ1) is 10.9. The van der Waals surface area contributed by atoms with Gasteiger partial charge in [0.1, 0.15) is 6.61 Å². The molecule has 44 valence electrons. The van der Waals surface area contributed by atoms with Crippen LogP contribution < -0.4 is 18.9 Å². The van der Waals surface area contributed by atoms with Gasteiger partial charge in [-0.25, -0.2) is 0 Å². The van der Waals surface area contributed by atoms with Crippen molar-refractivity contribution in [2.75, 3.05) is 13.2 Å². The molecule has 3 nitrogen and oxygen atoms in total. The molecule has 0 saturated heterocycles. The quantitative estimate of drug-likeness (QED) is 0.300. The van der Waals surface area contributed by atoms with E-state index in [1.807, 2.05) is 0 Å². The molecule has 0 spiro atoms. The van der Waals surface area contributed by atoms with Gasteiger partial charge in [0.25, 0.3) is 0 Å². The Balaban J connectivity index is -0.000000180. The molecule has 0 aromatic carbocycles. The molecule has 0 aliphatic carbocycles. The second kappa shape index (κ2) is 7.03. The van der Waals surface area contributed by atoms with Crippen LogP contribution in [0.4, 0.5) is 0 Å². The molecule has 0 amide bonds. The molecule has 0 radical (unpaired) electrons. The summed E-state index contributed by atoms with van der Waals surface area (Å²) in [7, 11) is 0. The first-order valence-corrected chi connectivity index (χ1v) is 2.01. The number of hydrogen-bond acceptors (Lipinski definition) is 3. The van der Waals surface area contributed by atoms with Gasteiger partial charge in [-0.2, -0.15) is 0 Å². The number of aliphatic hydroxyl groups is 1. The van der Waals surface area contributed by atoms with Crippen molar-refractivity contribution >= 4 is 5.97 Å². The number of carbonyl (C=O) groups is 1. The number of rotatable bonds is 2. The first-order valence-electron chi connectivity index (χ1n) is 2.01. The molecule has 0 saturated carbocycles. The zero-order valence-corrected chi connectivity index (χ0v) is 5.18. The predicted octanol–water partition coefficient (Wildman–Crippen LogP) is -3.34. The van der Waals surface area contributed by atoms with Crippen molar-refractivity contribution in [2.24, 2.45) is 0 Å². The summed E-state index contributed by atoms with van der Waals surface area (Å²) in [5.74, 6) is -0.353. The Labute approximate surface area is 61.7 Å². The van der Waals surface area contributed by atoms with E-state index in [9.17, 15) is 4.79 Å². The van der Waals surface area contributed by atoms with Crippen molar-refractivity contribution in [3.63, 3.8) is 0 Å². The Morgan fingerprint density at radius 3 is 2.50 bits per heavy atom. The van der Waals surface area contributed by atoms with Gasteiger partial charge in [-0.15, -0.1) is 0 Å². The first-order chi connectivity index (χ1) is 3.27. The fourth-order valence-electron chi connectivity index (χ4n) is 0.189. The monoisotopic (exact) mass is 112 g/mol. The summed E-state index contributed by atoms with van der Waals surface area (Å²) in [5, 5.41) is 8.04. The predicted molar refractivity (Wildman–Crippen MR) is 24.8 cm³/mol. The number of esters is 1. The minimum atomic E-state index is -0.353. The molecule has 0 aliphatic heterocycles. The summed E-state index contributed by atoms with van der Waals surface area (Å²) >= 11 is 0. The van der Waals surface area contributed by atoms with Gasteiger partial charge in [0.15, 0.2) is 0 Å². The fourth-order valence-corrected chi connectivity index (χ4v) is 0.189. The third-order valence-corrected chi connectivity index (χ3v) is 0.397. The van der Waals surface area contributed by atoms with Gasteiger partial charge in [0, 0.05) is 6.92 Å². The van der Waals surface area contributed by atoms with Gasteiger partial charge in [0.05, 0.1) is 6.61 Å². The van der Waals surface area contributed by atoms with E-state index in [0.717, 1.165) is 0 Å². The van der Waals surface area contributed by atoms with Crippen molar-refractivity contribution in [1.29, 1.82) is 0 Å². The summed E-state index contributed by atoms with van der Waals surface area (Å²) < 4.78 is 4.30. The van der Waals surface area contributed by atoms with E-state index in [1.54, 1.807) is 0 Å². The van der Waals surface area contributed by atoms with Crippen molar-refractivity contribution < 1.29 is 34.9 Å². The van der Waals surface area contributed by atoms with Gasteiger partial charge in [0.2, 0.25) is 0 Å². The largest absolute Gasteiger partial charge is 1.00 e. The van der Waals surface area contributed by atoms with Crippen LogP contribution in [0.15, 0.2) is 0 Å². The van der Waals surface area contributed by atoms with E-state index in [1.165, 1.54) is 6.92 Å². The van der Waals surface area contributed by atoms with E-state index in [0.29, 0.717) is 0 Å². The normalized spacial score (nSPS) is 7.25. The van der Waals surface area contributed by atoms with Gasteiger partial charge >= 0.3 is 24.8 Å². The molecule has 1 N–H and O–H groups in total. The molecule has 8 heavy (non-hydrogen) atoms. The number of hydrogen-bond donors (Lipinski definition) is 1. The van der Waals surface area contributed by atoms with Crippen LogP contribution in [0.1, 0.15) is 8.35 Å². The SMILES string of the molecule is CC(=O)OCCO.[H-].[Li+]. The van der Waals surface area contributed by atoms with Gasteiger partial charge in [-0.05, 0) is 0 Å².